The molecule has 0 atom stereocenters. The molecule has 0 heterocycles. The van der Waals surface area contributed by atoms with Crippen LogP contribution < -0.4 is 0 Å². The van der Waals surface area contributed by atoms with Crippen LogP contribution in [0.25, 0.3) is 0 Å². The van der Waals surface area contributed by atoms with Crippen molar-refractivity contribution in [2.45, 2.75) is 12.8 Å². The molecular weight excluding hydrogens is 320 g/mol. The minimum Gasteiger partial charge on any atom is -0.478 e. The third kappa shape index (κ3) is 5.09. The molecule has 0 saturated carbocycles. The molecule has 4 N–H and O–H groups in total. The first-order valence-corrected chi connectivity index (χ1v) is 6.67. The highest BCUT2D eigenvalue weighted by Gasteiger charge is 2.19. The third-order valence-electron chi connectivity index (χ3n) is 3.04. The van der Waals surface area contributed by atoms with Crippen LogP contribution in [-0.2, 0) is 9.59 Å². The lowest BCUT2D eigenvalue weighted by Gasteiger charge is -2.07. The number of carbonyl (C=O) groups is 4. The molecule has 1 aliphatic carbocycles. The van der Waals surface area contributed by atoms with E-state index in [-0.39, 0.29) is 22.3 Å². The van der Waals surface area contributed by atoms with E-state index in [1.165, 1.54) is 30.3 Å². The largest absolute Gasteiger partial charge is 0.478 e. The van der Waals surface area contributed by atoms with Crippen molar-refractivity contribution in [2.24, 2.45) is 0 Å². The van der Waals surface area contributed by atoms with Crippen LogP contribution in [0.3, 0.4) is 0 Å². The molecule has 8 heteroatoms. The maximum absolute atomic E-state index is 10.5. The summed E-state index contributed by atoms with van der Waals surface area (Å²) in [6, 6.07) is 5.02. The predicted octanol–water partition coefficient (Wildman–Crippen LogP) is 1.89. The van der Waals surface area contributed by atoms with Gasteiger partial charge in [-0.3, -0.25) is 0 Å². The highest BCUT2D eigenvalue weighted by atomic mass is 16.4. The number of allylic oxidation sites excluding steroid dienone is 1. The van der Waals surface area contributed by atoms with Gasteiger partial charge in [0.05, 0.1) is 22.3 Å². The molecule has 24 heavy (non-hydrogen) atoms. The fourth-order valence-electron chi connectivity index (χ4n) is 1.84. The lowest BCUT2D eigenvalue weighted by atomic mass is 9.98. The van der Waals surface area contributed by atoms with Gasteiger partial charge in [-0.2, -0.15) is 0 Å². The number of carboxylic acid groups (broad SMARTS) is 4. The molecule has 0 spiro atoms. The number of benzene rings is 1. The van der Waals surface area contributed by atoms with E-state index in [0.717, 1.165) is 0 Å². The molecule has 0 aromatic heterocycles. The molecule has 0 unspecified atom stereocenters. The molecule has 0 fully saturated rings. The lowest BCUT2D eigenvalue weighted by molar-refractivity contribution is -0.135. The molecule has 0 amide bonds. The van der Waals surface area contributed by atoms with E-state index < -0.39 is 23.9 Å². The van der Waals surface area contributed by atoms with Crippen LogP contribution >= 0.6 is 0 Å². The Morgan fingerprint density at radius 1 is 0.708 bits per heavy atom. The van der Waals surface area contributed by atoms with E-state index in [4.69, 9.17) is 20.4 Å². The van der Waals surface area contributed by atoms with Crippen molar-refractivity contribution in [2.75, 3.05) is 0 Å². The Morgan fingerprint density at radius 3 is 1.46 bits per heavy atom. The second kappa shape index (κ2) is 8.28. The summed E-state index contributed by atoms with van der Waals surface area (Å²) in [5, 5.41) is 34.1. The van der Waals surface area contributed by atoms with Crippen LogP contribution in [0.5, 0.6) is 0 Å². The maximum Gasteiger partial charge on any atom is 0.336 e. The van der Waals surface area contributed by atoms with Crippen LogP contribution in [-0.4, -0.2) is 44.3 Å². The highest BCUT2D eigenvalue weighted by molar-refractivity contribution is 6.01. The summed E-state index contributed by atoms with van der Waals surface area (Å²) in [5.41, 5.74) is 0.0544. The van der Waals surface area contributed by atoms with Crippen LogP contribution in [0, 0.1) is 0 Å². The number of hydrogen-bond acceptors (Lipinski definition) is 4. The van der Waals surface area contributed by atoms with Crippen molar-refractivity contribution in [3.05, 3.63) is 58.7 Å². The third-order valence-corrected chi connectivity index (χ3v) is 3.04. The van der Waals surface area contributed by atoms with E-state index >= 15 is 0 Å². The zero-order valence-corrected chi connectivity index (χ0v) is 12.3. The summed E-state index contributed by atoms with van der Waals surface area (Å²) in [4.78, 5) is 41.7. The number of carboxylic acids is 4. The van der Waals surface area contributed by atoms with Crippen LogP contribution in [0.4, 0.5) is 0 Å². The second-order valence-electron chi connectivity index (χ2n) is 4.63. The van der Waals surface area contributed by atoms with Gasteiger partial charge in [-0.15, -0.1) is 0 Å². The molecule has 0 aliphatic heterocycles. The first-order chi connectivity index (χ1) is 11.2. The zero-order chi connectivity index (χ0) is 18.3. The standard InChI is InChI=1S/C8H6O4.C8H8O4/c9-7(10)5-1-2-6(4-3-5)8(11)12;9-7(10)5-3-1-2-4-6(5)8(11)12/h1-4H,(H,9,10)(H,11,12);1,3H,2,4H2,(H,9,10)(H,11,12). The topological polar surface area (TPSA) is 149 Å². The average Bonchev–Trinajstić information content (AvgIpc) is 2.55. The van der Waals surface area contributed by atoms with Crippen LogP contribution in [0.2, 0.25) is 0 Å². The van der Waals surface area contributed by atoms with Gasteiger partial charge in [0.1, 0.15) is 0 Å². The number of rotatable bonds is 4. The van der Waals surface area contributed by atoms with Crippen molar-refractivity contribution in [3.8, 4) is 0 Å². The molecule has 126 valence electrons. The van der Waals surface area contributed by atoms with E-state index in [0.29, 0.717) is 12.8 Å². The van der Waals surface area contributed by atoms with Gasteiger partial charge in [-0.25, -0.2) is 19.2 Å². The molecule has 1 aliphatic rings. The van der Waals surface area contributed by atoms with Gasteiger partial charge >= 0.3 is 23.9 Å². The maximum atomic E-state index is 10.5. The summed E-state index contributed by atoms with van der Waals surface area (Å²) >= 11 is 0. The SMILES string of the molecule is O=C(O)C1=C(C(=O)O)CCC=C1.O=C(O)c1ccc(C(=O)O)cc1. The monoisotopic (exact) mass is 334 g/mol. The molecule has 0 radical (unpaired) electrons. The van der Waals surface area contributed by atoms with Crippen molar-refractivity contribution in [1.29, 1.82) is 0 Å². The first kappa shape index (κ1) is 18.6. The highest BCUT2D eigenvalue weighted by Crippen LogP contribution is 2.19. The van der Waals surface area contributed by atoms with Gasteiger partial charge in [-0.05, 0) is 37.1 Å². The van der Waals surface area contributed by atoms with Crippen LogP contribution in [0.1, 0.15) is 33.6 Å². The fraction of sp³-hybridized carbons (Fsp3) is 0.125. The molecule has 8 nitrogen and oxygen atoms in total. The summed E-state index contributed by atoms with van der Waals surface area (Å²) in [5.74, 6) is -4.45. The molecule has 1 aromatic rings. The summed E-state index contributed by atoms with van der Waals surface area (Å²) in [6.07, 6.45) is 3.90. The van der Waals surface area contributed by atoms with Crippen molar-refractivity contribution in [1.82, 2.24) is 0 Å². The van der Waals surface area contributed by atoms with Crippen molar-refractivity contribution in [3.63, 3.8) is 0 Å². The molecule has 0 saturated heterocycles. The Labute approximate surface area is 136 Å². The van der Waals surface area contributed by atoms with Crippen molar-refractivity contribution < 1.29 is 39.6 Å². The number of hydrogen-bond donors (Lipinski definition) is 4. The van der Waals surface area contributed by atoms with E-state index in [1.807, 2.05) is 0 Å². The Hall–Kier alpha value is -3.42. The van der Waals surface area contributed by atoms with E-state index in [2.05, 4.69) is 0 Å². The van der Waals surface area contributed by atoms with Gasteiger partial charge in [0.15, 0.2) is 0 Å². The number of aliphatic carboxylic acids is 2. The van der Waals surface area contributed by atoms with Crippen molar-refractivity contribution >= 4 is 23.9 Å². The fourth-order valence-corrected chi connectivity index (χ4v) is 1.84. The smallest absolute Gasteiger partial charge is 0.336 e. The molecule has 1 aromatic carbocycles. The van der Waals surface area contributed by atoms with E-state index in [9.17, 15) is 19.2 Å². The Morgan fingerprint density at radius 2 is 1.17 bits per heavy atom. The van der Waals surface area contributed by atoms with Crippen LogP contribution in [0.15, 0.2) is 47.6 Å². The van der Waals surface area contributed by atoms with Gasteiger partial charge in [0.25, 0.3) is 0 Å². The van der Waals surface area contributed by atoms with E-state index in [1.54, 1.807) is 6.08 Å². The zero-order valence-electron chi connectivity index (χ0n) is 12.3. The lowest BCUT2D eigenvalue weighted by Crippen LogP contribution is -2.11. The second-order valence-corrected chi connectivity index (χ2v) is 4.63. The predicted molar refractivity (Wildman–Crippen MR) is 81.0 cm³/mol. The minimum absolute atomic E-state index is 0.00926. The van der Waals surface area contributed by atoms with Gasteiger partial charge in [-0.1, -0.05) is 12.2 Å². The van der Waals surface area contributed by atoms with Gasteiger partial charge in [0.2, 0.25) is 0 Å². The van der Waals surface area contributed by atoms with Gasteiger partial charge in [0, 0.05) is 0 Å². The van der Waals surface area contributed by atoms with Gasteiger partial charge < -0.3 is 20.4 Å². The normalized spacial score (nSPS) is 12.8. The molecule has 2 rings (SSSR count). The summed E-state index contributed by atoms with van der Waals surface area (Å²) in [6.45, 7) is 0. The Balaban J connectivity index is 0.000000240. The molecular formula is C16H14O8. The molecule has 0 bridgehead atoms. The number of aromatic carboxylic acids is 2. The summed E-state index contributed by atoms with van der Waals surface area (Å²) in [7, 11) is 0. The average molecular weight is 334 g/mol. The Bertz CT molecular complexity index is 692. The minimum atomic E-state index is -1.18. The quantitative estimate of drug-likeness (QED) is 0.652. The Kier molecular flexibility index (Phi) is 6.42. The summed E-state index contributed by atoms with van der Waals surface area (Å²) < 4.78 is 0. The first-order valence-electron chi connectivity index (χ1n) is 6.67.